The predicted octanol–water partition coefficient (Wildman–Crippen LogP) is 2.90. The maximum Gasteiger partial charge on any atom is 0.226 e. The predicted molar refractivity (Wildman–Crippen MR) is 103 cm³/mol. The highest BCUT2D eigenvalue weighted by Gasteiger charge is 2.54. The summed E-state index contributed by atoms with van der Waals surface area (Å²) in [6, 6.07) is 9.55. The Labute approximate surface area is 161 Å². The van der Waals surface area contributed by atoms with E-state index in [1.54, 1.807) is 0 Å². The molecule has 146 valence electrons. The molecule has 4 aliphatic rings. The summed E-state index contributed by atoms with van der Waals surface area (Å²) in [5, 5.41) is 5.90. The van der Waals surface area contributed by atoms with Crippen LogP contribution in [0.1, 0.15) is 44.9 Å². The zero-order chi connectivity index (χ0) is 18.7. The molecule has 1 aromatic rings. The Balaban J connectivity index is 1.13. The molecule has 4 aliphatic carbocycles. The summed E-state index contributed by atoms with van der Waals surface area (Å²) >= 11 is 0. The minimum absolute atomic E-state index is 0.0440. The van der Waals surface area contributed by atoms with Crippen LogP contribution >= 0.6 is 0 Å². The molecule has 4 saturated carbocycles. The van der Waals surface area contributed by atoms with Gasteiger partial charge in [0.2, 0.25) is 11.8 Å². The highest BCUT2D eigenvalue weighted by molar-refractivity contribution is 5.84. The van der Waals surface area contributed by atoms with Gasteiger partial charge in [-0.15, -0.1) is 0 Å². The van der Waals surface area contributed by atoms with Crippen LogP contribution in [0.25, 0.3) is 0 Å². The average Bonchev–Trinajstić information content (AvgIpc) is 2.65. The van der Waals surface area contributed by atoms with Gasteiger partial charge in [0.15, 0.2) is 0 Å². The summed E-state index contributed by atoms with van der Waals surface area (Å²) in [5.74, 6) is 3.23. The molecule has 0 aromatic heterocycles. The molecule has 2 N–H and O–H groups in total. The molecule has 5 heteroatoms. The molecule has 5 rings (SSSR count). The number of amides is 2. The van der Waals surface area contributed by atoms with Crippen molar-refractivity contribution < 1.29 is 14.3 Å². The van der Waals surface area contributed by atoms with Crippen LogP contribution in [0, 0.1) is 23.2 Å². The fourth-order valence-corrected chi connectivity index (χ4v) is 5.83. The monoisotopic (exact) mass is 370 g/mol. The molecule has 27 heavy (non-hydrogen) atoms. The van der Waals surface area contributed by atoms with Gasteiger partial charge in [-0.25, -0.2) is 0 Å². The van der Waals surface area contributed by atoms with E-state index in [1.807, 2.05) is 30.3 Å². The van der Waals surface area contributed by atoms with Crippen molar-refractivity contribution in [2.75, 3.05) is 19.7 Å². The van der Waals surface area contributed by atoms with Gasteiger partial charge in [0.1, 0.15) is 12.4 Å². The summed E-state index contributed by atoms with van der Waals surface area (Å²) in [5.41, 5.74) is -0.130. The molecule has 5 nitrogen and oxygen atoms in total. The number of carbonyl (C=O) groups is 2. The maximum atomic E-state index is 12.8. The van der Waals surface area contributed by atoms with Gasteiger partial charge in [-0.05, 0) is 68.4 Å². The number of ether oxygens (including phenoxy) is 1. The summed E-state index contributed by atoms with van der Waals surface area (Å²) < 4.78 is 5.55. The van der Waals surface area contributed by atoms with Crippen molar-refractivity contribution in [3.8, 4) is 5.75 Å². The number of benzene rings is 1. The fourth-order valence-electron chi connectivity index (χ4n) is 5.83. The van der Waals surface area contributed by atoms with Crippen LogP contribution in [0.2, 0.25) is 0 Å². The minimum atomic E-state index is -0.130. The molecule has 0 saturated heterocycles. The van der Waals surface area contributed by atoms with E-state index in [4.69, 9.17) is 4.74 Å². The smallest absolute Gasteiger partial charge is 0.226 e. The van der Waals surface area contributed by atoms with Gasteiger partial charge in [-0.1, -0.05) is 18.2 Å². The second-order valence-corrected chi connectivity index (χ2v) is 8.72. The standard InChI is InChI=1S/C22H30N2O3/c25-20(23-8-9-27-19-4-2-1-3-5-19)6-7-24-21(26)22-13-16-10-17(14-22)12-18(11-16)15-22/h1-5,16-18H,6-15H2,(H,23,25)(H,24,26). The lowest BCUT2D eigenvalue weighted by Gasteiger charge is -2.55. The molecule has 0 atom stereocenters. The van der Waals surface area contributed by atoms with Crippen LogP contribution < -0.4 is 15.4 Å². The fraction of sp³-hybridized carbons (Fsp3) is 0.636. The molecule has 4 bridgehead atoms. The van der Waals surface area contributed by atoms with E-state index in [0.717, 1.165) is 42.8 Å². The third-order valence-electron chi connectivity index (χ3n) is 6.59. The number of para-hydroxylation sites is 1. The van der Waals surface area contributed by atoms with E-state index in [2.05, 4.69) is 10.6 Å². The van der Waals surface area contributed by atoms with Gasteiger partial charge in [-0.3, -0.25) is 9.59 Å². The number of rotatable bonds is 8. The lowest BCUT2D eigenvalue weighted by atomic mass is 9.49. The van der Waals surface area contributed by atoms with Crippen molar-refractivity contribution in [3.05, 3.63) is 30.3 Å². The zero-order valence-electron chi connectivity index (χ0n) is 15.9. The zero-order valence-corrected chi connectivity index (χ0v) is 15.9. The third kappa shape index (κ3) is 4.28. The summed E-state index contributed by atoms with van der Waals surface area (Å²) in [7, 11) is 0. The molecule has 4 fully saturated rings. The number of nitrogens with one attached hydrogen (secondary N) is 2. The van der Waals surface area contributed by atoms with Gasteiger partial charge in [0.05, 0.1) is 6.54 Å². The first kappa shape index (κ1) is 18.3. The second kappa shape index (κ2) is 7.91. The molecule has 2 amide bonds. The summed E-state index contributed by atoms with van der Waals surface area (Å²) in [4.78, 5) is 24.8. The molecular weight excluding hydrogens is 340 g/mol. The van der Waals surface area contributed by atoms with Gasteiger partial charge in [0, 0.05) is 18.4 Å². The van der Waals surface area contributed by atoms with Crippen molar-refractivity contribution in [1.29, 1.82) is 0 Å². The number of hydrogen-bond donors (Lipinski definition) is 2. The van der Waals surface area contributed by atoms with E-state index in [-0.39, 0.29) is 17.2 Å². The average molecular weight is 370 g/mol. The van der Waals surface area contributed by atoms with Crippen LogP contribution in [-0.4, -0.2) is 31.5 Å². The van der Waals surface area contributed by atoms with Crippen molar-refractivity contribution in [1.82, 2.24) is 10.6 Å². The molecular formula is C22H30N2O3. The Bertz CT molecular complexity index is 638. The Kier molecular flexibility index (Phi) is 5.37. The van der Waals surface area contributed by atoms with E-state index < -0.39 is 0 Å². The molecule has 1 aromatic carbocycles. The van der Waals surface area contributed by atoms with Crippen LogP contribution in [0.5, 0.6) is 5.75 Å². The van der Waals surface area contributed by atoms with Gasteiger partial charge in [-0.2, -0.15) is 0 Å². The maximum absolute atomic E-state index is 12.8. The molecule has 0 heterocycles. The lowest BCUT2D eigenvalue weighted by molar-refractivity contribution is -0.146. The van der Waals surface area contributed by atoms with E-state index in [0.29, 0.717) is 26.1 Å². The summed E-state index contributed by atoms with van der Waals surface area (Å²) in [6.45, 7) is 1.33. The first-order chi connectivity index (χ1) is 13.1. The van der Waals surface area contributed by atoms with Crippen LogP contribution in [0.3, 0.4) is 0 Å². The topological polar surface area (TPSA) is 67.4 Å². The molecule has 0 unspecified atom stereocenters. The van der Waals surface area contributed by atoms with Crippen LogP contribution in [0.4, 0.5) is 0 Å². The van der Waals surface area contributed by atoms with Crippen molar-refractivity contribution >= 4 is 11.8 Å². The van der Waals surface area contributed by atoms with Crippen molar-refractivity contribution in [2.24, 2.45) is 23.2 Å². The van der Waals surface area contributed by atoms with E-state index >= 15 is 0 Å². The highest BCUT2D eigenvalue weighted by atomic mass is 16.5. The first-order valence-electron chi connectivity index (χ1n) is 10.4. The van der Waals surface area contributed by atoms with E-state index in [1.165, 1.54) is 19.3 Å². The Morgan fingerprint density at radius 2 is 1.56 bits per heavy atom. The largest absolute Gasteiger partial charge is 0.492 e. The lowest BCUT2D eigenvalue weighted by Crippen LogP contribution is -2.53. The Morgan fingerprint density at radius 1 is 0.926 bits per heavy atom. The van der Waals surface area contributed by atoms with Gasteiger partial charge >= 0.3 is 0 Å². The number of hydrogen-bond acceptors (Lipinski definition) is 3. The van der Waals surface area contributed by atoms with Gasteiger partial charge < -0.3 is 15.4 Å². The van der Waals surface area contributed by atoms with Crippen molar-refractivity contribution in [2.45, 2.75) is 44.9 Å². The van der Waals surface area contributed by atoms with Crippen LogP contribution in [-0.2, 0) is 9.59 Å². The van der Waals surface area contributed by atoms with Gasteiger partial charge in [0.25, 0.3) is 0 Å². The van der Waals surface area contributed by atoms with E-state index in [9.17, 15) is 9.59 Å². The normalized spacial score (nSPS) is 30.7. The Hall–Kier alpha value is -2.04. The molecule has 0 aliphatic heterocycles. The second-order valence-electron chi connectivity index (χ2n) is 8.72. The first-order valence-corrected chi connectivity index (χ1v) is 10.4. The molecule has 0 spiro atoms. The summed E-state index contributed by atoms with van der Waals surface area (Å²) in [6.07, 6.45) is 7.51. The van der Waals surface area contributed by atoms with Crippen LogP contribution in [0.15, 0.2) is 30.3 Å². The van der Waals surface area contributed by atoms with Crippen molar-refractivity contribution in [3.63, 3.8) is 0 Å². The third-order valence-corrected chi connectivity index (χ3v) is 6.59. The Morgan fingerprint density at radius 3 is 2.19 bits per heavy atom. The number of carbonyl (C=O) groups excluding carboxylic acids is 2. The molecule has 0 radical (unpaired) electrons. The SMILES string of the molecule is O=C(CCNC(=O)C12CC3CC(CC(C3)C1)C2)NCCOc1ccccc1. The minimum Gasteiger partial charge on any atom is -0.492 e. The highest BCUT2D eigenvalue weighted by Crippen LogP contribution is 2.60. The quantitative estimate of drug-likeness (QED) is 0.692.